The van der Waals surface area contributed by atoms with Crippen molar-refractivity contribution < 1.29 is 38.0 Å². The van der Waals surface area contributed by atoms with Gasteiger partial charge in [0.15, 0.2) is 0 Å². The summed E-state index contributed by atoms with van der Waals surface area (Å²) in [4.78, 5) is 23.1. The van der Waals surface area contributed by atoms with E-state index in [2.05, 4.69) is 67.8 Å². The van der Waals surface area contributed by atoms with E-state index in [-0.39, 0.29) is 18.9 Å². The van der Waals surface area contributed by atoms with E-state index in [9.17, 15) is 24.5 Å². The third kappa shape index (κ3) is 35.9. The number of rotatable bonds is 37. The van der Waals surface area contributed by atoms with Crippen molar-refractivity contribution in [3.05, 3.63) is 48.6 Å². The number of carbonyl (C=O) groups excluding carboxylic acids is 1. The fourth-order valence-electron chi connectivity index (χ4n) is 5.74. The van der Waals surface area contributed by atoms with Gasteiger partial charge in [0, 0.05) is 6.42 Å². The summed E-state index contributed by atoms with van der Waals surface area (Å²) in [6.07, 6.45) is 38.9. The molecule has 0 bridgehead atoms. The van der Waals surface area contributed by atoms with E-state index in [1.54, 1.807) is 0 Å². The van der Waals surface area contributed by atoms with Gasteiger partial charge in [-0.2, -0.15) is 0 Å². The molecule has 0 saturated carbocycles. The maximum atomic E-state index is 12.9. The van der Waals surface area contributed by atoms with Crippen molar-refractivity contribution in [1.29, 1.82) is 0 Å². The van der Waals surface area contributed by atoms with Crippen LogP contribution in [0.15, 0.2) is 48.6 Å². The lowest BCUT2D eigenvalue weighted by Crippen LogP contribution is -2.51. The first-order valence-electron chi connectivity index (χ1n) is 21.1. The molecule has 4 atom stereocenters. The second kappa shape index (κ2) is 34.9. The summed E-state index contributed by atoms with van der Waals surface area (Å²) >= 11 is 0. The first-order chi connectivity index (χ1) is 25.4. The lowest BCUT2D eigenvalue weighted by atomic mass is 10.0. The molecule has 0 aliphatic heterocycles. The molecule has 4 unspecified atom stereocenters. The molecule has 53 heavy (non-hydrogen) atoms. The summed E-state index contributed by atoms with van der Waals surface area (Å²) in [5.41, 5.74) is 0. The molecule has 1 amide bonds. The number of carbonyl (C=O) groups is 1. The molecule has 0 saturated heterocycles. The fraction of sp³-hybridized carbons (Fsp3) is 0.791. The minimum absolute atomic E-state index is 0.0124. The molecular formula is C43H82N2O7P+. The maximum Gasteiger partial charge on any atom is 0.472 e. The van der Waals surface area contributed by atoms with Crippen LogP contribution in [0.5, 0.6) is 0 Å². The second-order valence-corrected chi connectivity index (χ2v) is 16.9. The van der Waals surface area contributed by atoms with E-state index in [1.807, 2.05) is 21.1 Å². The largest absolute Gasteiger partial charge is 0.472 e. The van der Waals surface area contributed by atoms with Crippen molar-refractivity contribution in [2.75, 3.05) is 40.9 Å². The molecule has 0 aliphatic rings. The number of nitrogens with one attached hydrogen (secondary N) is 1. The molecule has 0 fully saturated rings. The van der Waals surface area contributed by atoms with Gasteiger partial charge < -0.3 is 24.9 Å². The maximum absolute atomic E-state index is 12.9. The third-order valence-corrected chi connectivity index (χ3v) is 10.1. The molecule has 0 aliphatic carbocycles. The van der Waals surface area contributed by atoms with E-state index >= 15 is 0 Å². The molecule has 0 rings (SSSR count). The van der Waals surface area contributed by atoms with Crippen LogP contribution in [0.1, 0.15) is 162 Å². The smallest absolute Gasteiger partial charge is 0.390 e. The normalized spacial score (nSPS) is 15.5. The molecule has 0 aromatic rings. The average molecular weight is 770 g/mol. The number of aliphatic hydroxyl groups is 2. The number of nitrogens with zero attached hydrogens (tertiary/aromatic N) is 1. The number of hydrogen-bond donors (Lipinski definition) is 4. The van der Waals surface area contributed by atoms with Gasteiger partial charge in [0.25, 0.3) is 0 Å². The molecule has 0 heterocycles. The van der Waals surface area contributed by atoms with Crippen LogP contribution in [-0.2, 0) is 18.4 Å². The lowest BCUT2D eigenvalue weighted by molar-refractivity contribution is -0.870. The topological polar surface area (TPSA) is 125 Å². The van der Waals surface area contributed by atoms with Crippen molar-refractivity contribution in [1.82, 2.24) is 5.32 Å². The van der Waals surface area contributed by atoms with Crippen LogP contribution in [0.25, 0.3) is 0 Å². The molecular weight excluding hydrogens is 687 g/mol. The van der Waals surface area contributed by atoms with Crippen LogP contribution in [0.4, 0.5) is 0 Å². The predicted molar refractivity (Wildman–Crippen MR) is 223 cm³/mol. The van der Waals surface area contributed by atoms with Crippen molar-refractivity contribution in [3.8, 4) is 0 Å². The zero-order valence-electron chi connectivity index (χ0n) is 34.6. The van der Waals surface area contributed by atoms with Crippen LogP contribution in [-0.4, -0.2) is 84.6 Å². The Labute approximate surface area is 325 Å². The SMILES string of the molecule is CC/C=C\C/C=C\C/C=C\CCCCCCCCCC(=O)NC(COP(=O)(O)OCC[N+](C)(C)C)C(O)C(O)CCC/C=C/CCCCCCCCC. The number of unbranched alkanes of at least 4 members (excludes halogenated alkanes) is 15. The highest BCUT2D eigenvalue weighted by atomic mass is 31.2. The summed E-state index contributed by atoms with van der Waals surface area (Å²) < 4.78 is 23.4. The van der Waals surface area contributed by atoms with Crippen LogP contribution >= 0.6 is 7.82 Å². The van der Waals surface area contributed by atoms with Crippen LogP contribution < -0.4 is 5.32 Å². The van der Waals surface area contributed by atoms with Crippen LogP contribution in [0, 0.1) is 0 Å². The van der Waals surface area contributed by atoms with E-state index in [1.165, 1.54) is 64.2 Å². The Morgan fingerprint density at radius 1 is 0.679 bits per heavy atom. The van der Waals surface area contributed by atoms with Crippen LogP contribution in [0.2, 0.25) is 0 Å². The lowest BCUT2D eigenvalue weighted by Gasteiger charge is -2.28. The number of likely N-dealkylation sites (N-methyl/N-ethyl adjacent to an activating group) is 1. The number of quaternary nitrogens is 1. The number of hydrogen-bond acceptors (Lipinski definition) is 6. The Morgan fingerprint density at radius 2 is 1.17 bits per heavy atom. The average Bonchev–Trinajstić information content (AvgIpc) is 3.10. The third-order valence-electron chi connectivity index (χ3n) is 9.15. The number of phosphoric ester groups is 1. The molecule has 310 valence electrons. The first-order valence-corrected chi connectivity index (χ1v) is 22.6. The van der Waals surface area contributed by atoms with Crippen molar-refractivity contribution in [2.24, 2.45) is 0 Å². The van der Waals surface area contributed by atoms with Gasteiger partial charge in [-0.1, -0.05) is 133 Å². The molecule has 0 spiro atoms. The Bertz CT molecular complexity index is 1020. The van der Waals surface area contributed by atoms with Gasteiger partial charge in [0.2, 0.25) is 5.91 Å². The minimum Gasteiger partial charge on any atom is -0.390 e. The van der Waals surface area contributed by atoms with E-state index in [0.717, 1.165) is 57.8 Å². The predicted octanol–water partition coefficient (Wildman–Crippen LogP) is 10.3. The van der Waals surface area contributed by atoms with Crippen molar-refractivity contribution in [3.63, 3.8) is 0 Å². The minimum atomic E-state index is -4.42. The highest BCUT2D eigenvalue weighted by molar-refractivity contribution is 7.47. The number of amides is 1. The monoisotopic (exact) mass is 770 g/mol. The molecule has 0 aromatic carbocycles. The van der Waals surface area contributed by atoms with Crippen molar-refractivity contribution >= 4 is 13.7 Å². The Hall–Kier alpha value is -1.58. The quantitative estimate of drug-likeness (QED) is 0.0215. The fourth-order valence-corrected chi connectivity index (χ4v) is 6.48. The highest BCUT2D eigenvalue weighted by Crippen LogP contribution is 2.43. The number of allylic oxidation sites excluding steroid dienone is 8. The number of phosphoric acid groups is 1. The Kier molecular flexibility index (Phi) is 33.8. The summed E-state index contributed by atoms with van der Waals surface area (Å²) in [5.74, 6) is -0.282. The van der Waals surface area contributed by atoms with E-state index < -0.39 is 32.7 Å². The molecule has 9 nitrogen and oxygen atoms in total. The van der Waals surface area contributed by atoms with Gasteiger partial charge in [-0.25, -0.2) is 4.57 Å². The standard InChI is InChI=1S/C43H81N2O7P/c1-6-8-10-12-14-16-18-20-21-22-23-24-26-28-30-32-34-36-42(47)44-40(39-52-53(49,50)51-38-37-45(3,4)5)43(48)41(46)35-33-31-29-27-25-19-17-15-13-11-9-7-2/h8,10,14,16,20-21,27,29,40-41,43,46,48H,6-7,9,11-13,15,17-19,22-26,28,30-39H2,1-5H3,(H-,44,47,49,50)/p+1/b10-8-,16-14-,21-20-,29-27+. The highest BCUT2D eigenvalue weighted by Gasteiger charge is 2.31. The molecule has 10 heteroatoms. The zero-order chi connectivity index (χ0) is 39.5. The van der Waals surface area contributed by atoms with Gasteiger partial charge in [0.1, 0.15) is 19.3 Å². The molecule has 0 aromatic heterocycles. The van der Waals surface area contributed by atoms with Crippen molar-refractivity contribution in [2.45, 2.75) is 180 Å². The van der Waals surface area contributed by atoms with E-state index in [4.69, 9.17) is 9.05 Å². The zero-order valence-corrected chi connectivity index (χ0v) is 35.5. The Morgan fingerprint density at radius 3 is 1.74 bits per heavy atom. The van der Waals surface area contributed by atoms with Gasteiger partial charge in [-0.15, -0.1) is 0 Å². The van der Waals surface area contributed by atoms with Gasteiger partial charge in [0.05, 0.1) is 39.9 Å². The van der Waals surface area contributed by atoms with Gasteiger partial charge in [-0.05, 0) is 70.6 Å². The van der Waals surface area contributed by atoms with Gasteiger partial charge >= 0.3 is 7.82 Å². The summed E-state index contributed by atoms with van der Waals surface area (Å²) in [5, 5.41) is 24.6. The number of aliphatic hydroxyl groups excluding tert-OH is 2. The van der Waals surface area contributed by atoms with Gasteiger partial charge in [-0.3, -0.25) is 13.8 Å². The summed E-state index contributed by atoms with van der Waals surface area (Å²) in [7, 11) is 1.40. The van der Waals surface area contributed by atoms with E-state index in [0.29, 0.717) is 30.3 Å². The van der Waals surface area contributed by atoms with Crippen LogP contribution in [0.3, 0.4) is 0 Å². The summed E-state index contributed by atoms with van der Waals surface area (Å²) in [6, 6.07) is -1.05. The summed E-state index contributed by atoms with van der Waals surface area (Å²) in [6.45, 7) is 4.43. The molecule has 4 N–H and O–H groups in total. The molecule has 0 radical (unpaired) electrons. The second-order valence-electron chi connectivity index (χ2n) is 15.5. The first kappa shape index (κ1) is 51.4. The Balaban J connectivity index is 4.59.